The number of aryl methyl sites for hydroxylation is 1. The predicted octanol–water partition coefficient (Wildman–Crippen LogP) is 5.08. The van der Waals surface area contributed by atoms with E-state index in [0.717, 1.165) is 6.42 Å². The Morgan fingerprint density at radius 2 is 1.95 bits per heavy atom. The monoisotopic (exact) mass is 275 g/mol. The van der Waals surface area contributed by atoms with Crippen LogP contribution in [0.5, 0.6) is 0 Å². The SMILES string of the molecule is CCc1ccc2c(c1)[C@@H]1C=CC[C@@H]1[C@H](c1ccccc1)N2. The second-order valence-corrected chi connectivity index (χ2v) is 6.16. The molecule has 0 saturated heterocycles. The third-order valence-electron chi connectivity index (χ3n) is 4.99. The molecule has 1 heteroatoms. The van der Waals surface area contributed by atoms with Crippen LogP contribution < -0.4 is 5.32 Å². The van der Waals surface area contributed by atoms with Crippen LogP contribution in [-0.4, -0.2) is 0 Å². The normalized spacial score (nSPS) is 26.0. The Labute approximate surface area is 126 Å². The van der Waals surface area contributed by atoms with Gasteiger partial charge in [-0.15, -0.1) is 0 Å². The van der Waals surface area contributed by atoms with Gasteiger partial charge in [0.2, 0.25) is 0 Å². The summed E-state index contributed by atoms with van der Waals surface area (Å²) in [6, 6.07) is 18.2. The molecular formula is C20H21N. The Bertz CT molecular complexity index is 671. The maximum atomic E-state index is 3.80. The number of hydrogen-bond donors (Lipinski definition) is 1. The van der Waals surface area contributed by atoms with Crippen molar-refractivity contribution in [1.82, 2.24) is 0 Å². The molecule has 0 radical (unpaired) electrons. The highest BCUT2D eigenvalue weighted by Crippen LogP contribution is 2.49. The van der Waals surface area contributed by atoms with Crippen LogP contribution in [0.1, 0.15) is 42.0 Å². The summed E-state index contributed by atoms with van der Waals surface area (Å²) in [5.74, 6) is 1.21. The summed E-state index contributed by atoms with van der Waals surface area (Å²) >= 11 is 0. The lowest BCUT2D eigenvalue weighted by Crippen LogP contribution is -2.29. The van der Waals surface area contributed by atoms with Crippen LogP contribution in [0.25, 0.3) is 0 Å². The van der Waals surface area contributed by atoms with Crippen molar-refractivity contribution in [2.75, 3.05) is 5.32 Å². The minimum Gasteiger partial charge on any atom is -0.378 e. The van der Waals surface area contributed by atoms with Crippen LogP contribution in [0, 0.1) is 5.92 Å². The summed E-state index contributed by atoms with van der Waals surface area (Å²) in [7, 11) is 0. The van der Waals surface area contributed by atoms with Gasteiger partial charge < -0.3 is 5.32 Å². The number of rotatable bonds is 2. The van der Waals surface area contributed by atoms with Crippen molar-refractivity contribution in [1.29, 1.82) is 0 Å². The molecule has 2 aromatic carbocycles. The Morgan fingerprint density at radius 1 is 1.10 bits per heavy atom. The highest BCUT2D eigenvalue weighted by Gasteiger charge is 2.37. The van der Waals surface area contributed by atoms with Crippen LogP contribution in [0.3, 0.4) is 0 Å². The van der Waals surface area contributed by atoms with Crippen LogP contribution in [0.4, 0.5) is 5.69 Å². The van der Waals surface area contributed by atoms with Crippen molar-refractivity contribution in [3.05, 3.63) is 77.4 Å². The van der Waals surface area contributed by atoms with E-state index in [2.05, 4.69) is 72.9 Å². The maximum Gasteiger partial charge on any atom is 0.0553 e. The molecule has 2 aliphatic rings. The standard InChI is InChI=1S/C20H21N/c1-2-14-11-12-19-18(13-14)16-9-6-10-17(16)20(21-19)15-7-4-3-5-8-15/h3-9,11-13,16-17,20-21H,2,10H2,1H3/t16-,17+,20+/m1/s1. The van der Waals surface area contributed by atoms with Gasteiger partial charge in [-0.1, -0.05) is 61.5 Å². The molecule has 0 unspecified atom stereocenters. The Balaban J connectivity index is 1.78. The topological polar surface area (TPSA) is 12.0 Å². The molecule has 0 aromatic heterocycles. The minimum absolute atomic E-state index is 0.422. The van der Waals surface area contributed by atoms with Gasteiger partial charge in [-0.25, -0.2) is 0 Å². The molecule has 4 rings (SSSR count). The van der Waals surface area contributed by atoms with E-state index in [9.17, 15) is 0 Å². The fraction of sp³-hybridized carbons (Fsp3) is 0.300. The lowest BCUT2D eigenvalue weighted by molar-refractivity contribution is 0.425. The van der Waals surface area contributed by atoms with Gasteiger partial charge in [-0.3, -0.25) is 0 Å². The van der Waals surface area contributed by atoms with Crippen LogP contribution in [-0.2, 0) is 6.42 Å². The van der Waals surface area contributed by atoms with Crippen LogP contribution in [0.2, 0.25) is 0 Å². The molecule has 1 heterocycles. The zero-order valence-electron chi connectivity index (χ0n) is 12.4. The van der Waals surface area contributed by atoms with Crippen molar-refractivity contribution in [3.8, 4) is 0 Å². The molecule has 2 aromatic rings. The quantitative estimate of drug-likeness (QED) is 0.754. The number of benzene rings is 2. The lowest BCUT2D eigenvalue weighted by atomic mass is 9.76. The first-order valence-corrected chi connectivity index (χ1v) is 7.98. The summed E-state index contributed by atoms with van der Waals surface area (Å²) in [4.78, 5) is 0. The molecule has 1 nitrogen and oxygen atoms in total. The highest BCUT2D eigenvalue weighted by atomic mass is 15.0. The third kappa shape index (κ3) is 2.08. The van der Waals surface area contributed by atoms with E-state index >= 15 is 0 Å². The maximum absolute atomic E-state index is 3.80. The molecular weight excluding hydrogens is 254 g/mol. The second kappa shape index (κ2) is 5.07. The molecule has 0 amide bonds. The summed E-state index contributed by atoms with van der Waals surface area (Å²) < 4.78 is 0. The number of nitrogens with one attached hydrogen (secondary N) is 1. The van der Waals surface area contributed by atoms with Crippen LogP contribution >= 0.6 is 0 Å². The Hall–Kier alpha value is -2.02. The van der Waals surface area contributed by atoms with Crippen molar-refractivity contribution in [3.63, 3.8) is 0 Å². The van der Waals surface area contributed by atoms with E-state index in [-0.39, 0.29) is 0 Å². The molecule has 1 aliphatic heterocycles. The number of anilines is 1. The second-order valence-electron chi connectivity index (χ2n) is 6.16. The minimum atomic E-state index is 0.422. The first-order valence-electron chi connectivity index (χ1n) is 7.98. The summed E-state index contributed by atoms with van der Waals surface area (Å²) in [6.07, 6.45) is 7.06. The molecule has 0 bridgehead atoms. The van der Waals surface area contributed by atoms with Gasteiger partial charge >= 0.3 is 0 Å². The number of hydrogen-bond acceptors (Lipinski definition) is 1. The van der Waals surface area contributed by atoms with Gasteiger partial charge in [0, 0.05) is 11.6 Å². The van der Waals surface area contributed by atoms with E-state index in [0.29, 0.717) is 17.9 Å². The largest absolute Gasteiger partial charge is 0.378 e. The first-order chi connectivity index (χ1) is 10.4. The molecule has 0 saturated carbocycles. The van der Waals surface area contributed by atoms with Gasteiger partial charge in [-0.05, 0) is 41.5 Å². The van der Waals surface area contributed by atoms with Gasteiger partial charge in [-0.2, -0.15) is 0 Å². The molecule has 106 valence electrons. The summed E-state index contributed by atoms with van der Waals surface area (Å²) in [5, 5.41) is 3.80. The zero-order chi connectivity index (χ0) is 14.2. The fourth-order valence-corrected chi connectivity index (χ4v) is 3.85. The highest BCUT2D eigenvalue weighted by molar-refractivity contribution is 5.60. The average Bonchev–Trinajstić information content (AvgIpc) is 3.04. The van der Waals surface area contributed by atoms with Crippen molar-refractivity contribution in [2.45, 2.75) is 31.7 Å². The lowest BCUT2D eigenvalue weighted by Gasteiger charge is -2.37. The smallest absolute Gasteiger partial charge is 0.0553 e. The molecule has 3 atom stereocenters. The van der Waals surface area contributed by atoms with Crippen molar-refractivity contribution < 1.29 is 0 Å². The molecule has 0 fully saturated rings. The van der Waals surface area contributed by atoms with Gasteiger partial charge in [0.15, 0.2) is 0 Å². The van der Waals surface area contributed by atoms with E-state index in [1.807, 2.05) is 0 Å². The summed E-state index contributed by atoms with van der Waals surface area (Å²) in [5.41, 5.74) is 5.64. The Kier molecular flexibility index (Phi) is 3.07. The van der Waals surface area contributed by atoms with E-state index in [1.165, 1.54) is 28.8 Å². The van der Waals surface area contributed by atoms with E-state index in [1.54, 1.807) is 0 Å². The average molecular weight is 275 g/mol. The molecule has 0 spiro atoms. The third-order valence-corrected chi connectivity index (χ3v) is 4.99. The number of fused-ring (bicyclic) bond motifs is 3. The Morgan fingerprint density at radius 3 is 2.76 bits per heavy atom. The van der Waals surface area contributed by atoms with Gasteiger partial charge in [0.25, 0.3) is 0 Å². The summed E-state index contributed by atoms with van der Waals surface area (Å²) in [6.45, 7) is 2.23. The zero-order valence-corrected chi connectivity index (χ0v) is 12.4. The predicted molar refractivity (Wildman–Crippen MR) is 88.6 cm³/mol. The van der Waals surface area contributed by atoms with Crippen molar-refractivity contribution >= 4 is 5.69 Å². The van der Waals surface area contributed by atoms with E-state index < -0.39 is 0 Å². The molecule has 1 N–H and O–H groups in total. The fourth-order valence-electron chi connectivity index (χ4n) is 3.85. The number of allylic oxidation sites excluding steroid dienone is 2. The van der Waals surface area contributed by atoms with Crippen molar-refractivity contribution in [2.24, 2.45) is 5.92 Å². The first kappa shape index (κ1) is 12.7. The van der Waals surface area contributed by atoms with Gasteiger partial charge in [0.1, 0.15) is 0 Å². The molecule has 21 heavy (non-hydrogen) atoms. The van der Waals surface area contributed by atoms with Gasteiger partial charge in [0.05, 0.1) is 6.04 Å². The molecule has 1 aliphatic carbocycles. The van der Waals surface area contributed by atoms with E-state index in [4.69, 9.17) is 0 Å². The van der Waals surface area contributed by atoms with Crippen LogP contribution in [0.15, 0.2) is 60.7 Å².